The predicted molar refractivity (Wildman–Crippen MR) is 90.9 cm³/mol. The quantitative estimate of drug-likeness (QED) is 0.854. The fourth-order valence-electron chi connectivity index (χ4n) is 2.14. The molecule has 0 aromatic heterocycles. The molecule has 0 radical (unpaired) electrons. The van der Waals surface area contributed by atoms with Crippen molar-refractivity contribution in [2.45, 2.75) is 26.7 Å². The first-order chi connectivity index (χ1) is 10.5. The molecule has 0 spiro atoms. The number of hydrogen-bond acceptors (Lipinski definition) is 2. The molecule has 0 unspecified atom stereocenters. The van der Waals surface area contributed by atoms with Crippen LogP contribution in [-0.2, 0) is 0 Å². The van der Waals surface area contributed by atoms with E-state index in [1.54, 1.807) is 7.11 Å². The number of benzene rings is 2. The van der Waals surface area contributed by atoms with Crippen LogP contribution in [0.4, 0.5) is 16.2 Å². The molecule has 0 fully saturated rings. The third-order valence-corrected chi connectivity index (χ3v) is 3.52. The van der Waals surface area contributed by atoms with Gasteiger partial charge in [-0.05, 0) is 54.3 Å². The molecule has 116 valence electrons. The normalized spacial score (nSPS) is 10.4. The van der Waals surface area contributed by atoms with Gasteiger partial charge in [-0.25, -0.2) is 4.79 Å². The largest absolute Gasteiger partial charge is 0.497 e. The van der Waals surface area contributed by atoms with E-state index in [2.05, 4.69) is 24.5 Å². The van der Waals surface area contributed by atoms with Gasteiger partial charge in [0.05, 0.1) is 7.11 Å². The van der Waals surface area contributed by atoms with Gasteiger partial charge in [0.2, 0.25) is 0 Å². The number of carbonyl (C=O) groups is 1. The highest BCUT2D eigenvalue weighted by Crippen LogP contribution is 2.21. The van der Waals surface area contributed by atoms with E-state index < -0.39 is 0 Å². The molecular weight excluding hydrogens is 276 g/mol. The Morgan fingerprint density at radius 3 is 2.27 bits per heavy atom. The molecule has 4 heteroatoms. The second-order valence-corrected chi connectivity index (χ2v) is 5.54. The van der Waals surface area contributed by atoms with Crippen molar-refractivity contribution >= 4 is 17.4 Å². The lowest BCUT2D eigenvalue weighted by atomic mass is 10.0. The number of amides is 2. The minimum atomic E-state index is -0.259. The highest BCUT2D eigenvalue weighted by molar-refractivity contribution is 6.00. The third kappa shape index (κ3) is 4.01. The van der Waals surface area contributed by atoms with Gasteiger partial charge >= 0.3 is 6.03 Å². The zero-order valence-electron chi connectivity index (χ0n) is 13.4. The lowest BCUT2D eigenvalue weighted by molar-refractivity contribution is 0.262. The van der Waals surface area contributed by atoms with Crippen LogP contribution in [0, 0.1) is 6.92 Å². The molecule has 2 aromatic carbocycles. The number of hydrogen-bond donors (Lipinski definition) is 2. The molecule has 2 aromatic rings. The summed E-state index contributed by atoms with van der Waals surface area (Å²) in [6.07, 6.45) is 0. The monoisotopic (exact) mass is 298 g/mol. The van der Waals surface area contributed by atoms with E-state index in [-0.39, 0.29) is 6.03 Å². The number of rotatable bonds is 4. The summed E-state index contributed by atoms with van der Waals surface area (Å²) in [5.74, 6) is 1.25. The highest BCUT2D eigenvalue weighted by atomic mass is 16.5. The highest BCUT2D eigenvalue weighted by Gasteiger charge is 2.06. The van der Waals surface area contributed by atoms with Crippen LogP contribution in [0.3, 0.4) is 0 Å². The number of methoxy groups -OCH3 is 1. The maximum absolute atomic E-state index is 12.1. The predicted octanol–water partition coefficient (Wildman–Crippen LogP) is 4.77. The average Bonchev–Trinajstić information content (AvgIpc) is 2.49. The molecule has 0 aliphatic carbocycles. The summed E-state index contributed by atoms with van der Waals surface area (Å²) in [5, 5.41) is 5.67. The molecule has 0 aliphatic rings. The minimum Gasteiger partial charge on any atom is -0.497 e. The van der Waals surface area contributed by atoms with E-state index in [9.17, 15) is 4.79 Å². The molecule has 2 rings (SSSR count). The van der Waals surface area contributed by atoms with Crippen LogP contribution >= 0.6 is 0 Å². The van der Waals surface area contributed by atoms with E-state index in [0.29, 0.717) is 5.92 Å². The SMILES string of the molecule is COc1ccc(NC(=O)Nc2ccc(C(C)C)cc2)c(C)c1. The van der Waals surface area contributed by atoms with E-state index in [1.807, 2.05) is 49.4 Å². The lowest BCUT2D eigenvalue weighted by Gasteiger charge is -2.12. The Hall–Kier alpha value is -2.49. The molecule has 2 N–H and O–H groups in total. The smallest absolute Gasteiger partial charge is 0.323 e. The first-order valence-electron chi connectivity index (χ1n) is 7.32. The number of ether oxygens (including phenoxy) is 1. The Labute approximate surface area is 131 Å². The van der Waals surface area contributed by atoms with Gasteiger partial charge in [-0.2, -0.15) is 0 Å². The van der Waals surface area contributed by atoms with Crippen molar-refractivity contribution in [1.29, 1.82) is 0 Å². The Kier molecular flexibility index (Phi) is 5.04. The minimum absolute atomic E-state index is 0.259. The molecular formula is C18H22N2O2. The zero-order valence-corrected chi connectivity index (χ0v) is 13.4. The van der Waals surface area contributed by atoms with Crippen LogP contribution in [0.2, 0.25) is 0 Å². The molecule has 0 saturated carbocycles. The molecule has 0 aliphatic heterocycles. The van der Waals surface area contributed by atoms with Crippen LogP contribution in [0.15, 0.2) is 42.5 Å². The Morgan fingerprint density at radius 2 is 1.73 bits per heavy atom. The summed E-state index contributed by atoms with van der Waals surface area (Å²) in [7, 11) is 1.62. The maximum atomic E-state index is 12.1. The van der Waals surface area contributed by atoms with Crippen LogP contribution in [0.25, 0.3) is 0 Å². The molecule has 2 amide bonds. The van der Waals surface area contributed by atoms with Gasteiger partial charge < -0.3 is 15.4 Å². The second-order valence-electron chi connectivity index (χ2n) is 5.54. The Morgan fingerprint density at radius 1 is 1.05 bits per heavy atom. The van der Waals surface area contributed by atoms with Gasteiger partial charge in [0.1, 0.15) is 5.75 Å². The number of carbonyl (C=O) groups excluding carboxylic acids is 1. The first-order valence-corrected chi connectivity index (χ1v) is 7.32. The van der Waals surface area contributed by atoms with Crippen LogP contribution in [-0.4, -0.2) is 13.1 Å². The van der Waals surface area contributed by atoms with Gasteiger partial charge in [0.15, 0.2) is 0 Å². The van der Waals surface area contributed by atoms with Crippen LogP contribution in [0.5, 0.6) is 5.75 Å². The summed E-state index contributed by atoms with van der Waals surface area (Å²) in [6, 6.07) is 13.2. The van der Waals surface area contributed by atoms with E-state index in [4.69, 9.17) is 4.74 Å². The van der Waals surface area contributed by atoms with Gasteiger partial charge in [0, 0.05) is 11.4 Å². The first kappa shape index (κ1) is 15.9. The van der Waals surface area contributed by atoms with Crippen molar-refractivity contribution in [1.82, 2.24) is 0 Å². The average molecular weight is 298 g/mol. The maximum Gasteiger partial charge on any atom is 0.323 e. The Balaban J connectivity index is 2.00. The number of aryl methyl sites for hydroxylation is 1. The van der Waals surface area contributed by atoms with Gasteiger partial charge in [-0.15, -0.1) is 0 Å². The Bertz CT molecular complexity index is 649. The molecule has 4 nitrogen and oxygen atoms in total. The van der Waals surface area contributed by atoms with Gasteiger partial charge in [-0.3, -0.25) is 0 Å². The second kappa shape index (κ2) is 6.98. The van der Waals surface area contributed by atoms with E-state index >= 15 is 0 Å². The molecule has 22 heavy (non-hydrogen) atoms. The zero-order chi connectivity index (χ0) is 16.1. The standard InChI is InChI=1S/C18H22N2O2/c1-12(2)14-5-7-15(8-6-14)19-18(21)20-17-10-9-16(22-4)11-13(17)3/h5-12H,1-4H3,(H2,19,20,21). The van der Waals surface area contributed by atoms with E-state index in [0.717, 1.165) is 22.7 Å². The molecule has 0 atom stereocenters. The van der Waals surface area contributed by atoms with Gasteiger partial charge in [-0.1, -0.05) is 26.0 Å². The number of nitrogens with one attached hydrogen (secondary N) is 2. The molecule has 0 heterocycles. The molecule has 0 bridgehead atoms. The number of anilines is 2. The third-order valence-electron chi connectivity index (χ3n) is 3.52. The van der Waals surface area contributed by atoms with E-state index in [1.165, 1.54) is 5.56 Å². The van der Waals surface area contributed by atoms with Crippen LogP contribution < -0.4 is 15.4 Å². The van der Waals surface area contributed by atoms with Crippen LogP contribution in [0.1, 0.15) is 30.9 Å². The summed E-state index contributed by atoms with van der Waals surface area (Å²) in [4.78, 5) is 12.1. The van der Waals surface area contributed by atoms with Crippen molar-refractivity contribution < 1.29 is 9.53 Å². The fourth-order valence-corrected chi connectivity index (χ4v) is 2.14. The van der Waals surface area contributed by atoms with Crippen molar-refractivity contribution in [2.75, 3.05) is 17.7 Å². The molecule has 0 saturated heterocycles. The van der Waals surface area contributed by atoms with Gasteiger partial charge in [0.25, 0.3) is 0 Å². The topological polar surface area (TPSA) is 50.4 Å². The van der Waals surface area contributed by atoms with Crippen molar-refractivity contribution in [3.05, 3.63) is 53.6 Å². The number of urea groups is 1. The van der Waals surface area contributed by atoms with Crippen molar-refractivity contribution in [2.24, 2.45) is 0 Å². The van der Waals surface area contributed by atoms with Crippen molar-refractivity contribution in [3.8, 4) is 5.75 Å². The summed E-state index contributed by atoms with van der Waals surface area (Å²) >= 11 is 0. The lowest BCUT2D eigenvalue weighted by Crippen LogP contribution is -2.19. The van der Waals surface area contributed by atoms with Crippen molar-refractivity contribution in [3.63, 3.8) is 0 Å². The fraction of sp³-hybridized carbons (Fsp3) is 0.278. The summed E-state index contributed by atoms with van der Waals surface area (Å²) < 4.78 is 5.15. The summed E-state index contributed by atoms with van der Waals surface area (Å²) in [6.45, 7) is 6.21. The summed E-state index contributed by atoms with van der Waals surface area (Å²) in [5.41, 5.74) is 3.73.